The average molecular weight is 321 g/mol. The van der Waals surface area contributed by atoms with Gasteiger partial charge in [-0.3, -0.25) is 0 Å². The summed E-state index contributed by atoms with van der Waals surface area (Å²) in [6, 6.07) is 7.87. The normalized spacial score (nSPS) is 20.3. The van der Waals surface area contributed by atoms with E-state index < -0.39 is 0 Å². The molecule has 0 bridgehead atoms. The van der Waals surface area contributed by atoms with E-state index >= 15 is 0 Å². The van der Waals surface area contributed by atoms with Crippen molar-refractivity contribution in [2.24, 2.45) is 0 Å². The summed E-state index contributed by atoms with van der Waals surface area (Å²) in [4.78, 5) is 15.8. The van der Waals surface area contributed by atoms with Crippen molar-refractivity contribution < 1.29 is 9.32 Å². The lowest BCUT2D eigenvalue weighted by Crippen LogP contribution is -2.47. The lowest BCUT2D eigenvalue weighted by atomic mass is 9.76. The van der Waals surface area contributed by atoms with Crippen LogP contribution in [0.1, 0.15) is 36.0 Å². The largest absolute Gasteiger partial charge is 0.340 e. The number of urea groups is 1. The number of nitrogens with zero attached hydrogens (tertiary/aromatic N) is 2. The molecule has 2 N–H and O–H groups in total. The lowest BCUT2D eigenvalue weighted by molar-refractivity contribution is 0.222. The quantitative estimate of drug-likeness (QED) is 0.907. The highest BCUT2D eigenvalue weighted by Crippen LogP contribution is 2.37. The summed E-state index contributed by atoms with van der Waals surface area (Å²) in [6.45, 7) is 1.97. The van der Waals surface area contributed by atoms with E-state index in [2.05, 4.69) is 26.8 Å². The first-order chi connectivity index (χ1) is 10.6. The molecule has 0 radical (unpaired) electrons. The summed E-state index contributed by atoms with van der Waals surface area (Å²) in [6.07, 6.45) is 1.85. The van der Waals surface area contributed by atoms with Gasteiger partial charge < -0.3 is 15.2 Å². The first-order valence-electron chi connectivity index (χ1n) is 7.19. The van der Waals surface area contributed by atoms with E-state index in [-0.39, 0.29) is 18.6 Å². The molecule has 116 valence electrons. The van der Waals surface area contributed by atoms with Gasteiger partial charge in [0.1, 0.15) is 0 Å². The number of amides is 2. The molecule has 3 rings (SSSR count). The van der Waals surface area contributed by atoms with Crippen LogP contribution >= 0.6 is 11.6 Å². The number of carbonyl (C=O) groups is 1. The SMILES string of the molecule is Cc1nc(CNC(=O)NC2CC(c3cccc(Cl)c3)C2)no1. The summed E-state index contributed by atoms with van der Waals surface area (Å²) in [5, 5.41) is 10.1. The van der Waals surface area contributed by atoms with Crippen LogP contribution in [-0.4, -0.2) is 22.2 Å². The van der Waals surface area contributed by atoms with Crippen LogP contribution in [0, 0.1) is 6.92 Å². The van der Waals surface area contributed by atoms with Crippen molar-refractivity contribution in [3.05, 3.63) is 46.6 Å². The second-order valence-corrected chi connectivity index (χ2v) is 5.91. The average Bonchev–Trinajstić information content (AvgIpc) is 2.86. The predicted molar refractivity (Wildman–Crippen MR) is 81.6 cm³/mol. The van der Waals surface area contributed by atoms with Crippen molar-refractivity contribution >= 4 is 17.6 Å². The Morgan fingerprint density at radius 2 is 2.27 bits per heavy atom. The van der Waals surface area contributed by atoms with Gasteiger partial charge in [0, 0.05) is 18.0 Å². The summed E-state index contributed by atoms with van der Waals surface area (Å²) in [5.41, 5.74) is 1.23. The van der Waals surface area contributed by atoms with Crippen molar-refractivity contribution in [3.63, 3.8) is 0 Å². The summed E-state index contributed by atoms with van der Waals surface area (Å²) in [7, 11) is 0. The van der Waals surface area contributed by atoms with Crippen LogP contribution in [0.5, 0.6) is 0 Å². The Morgan fingerprint density at radius 1 is 1.45 bits per heavy atom. The second kappa shape index (κ2) is 6.36. The van der Waals surface area contributed by atoms with E-state index in [1.54, 1.807) is 6.92 Å². The number of hydrogen-bond acceptors (Lipinski definition) is 4. The fourth-order valence-electron chi connectivity index (χ4n) is 2.58. The van der Waals surface area contributed by atoms with Crippen LogP contribution in [0.25, 0.3) is 0 Å². The summed E-state index contributed by atoms with van der Waals surface area (Å²) in [5.74, 6) is 1.42. The van der Waals surface area contributed by atoms with E-state index in [0.717, 1.165) is 17.9 Å². The van der Waals surface area contributed by atoms with Gasteiger partial charge in [-0.25, -0.2) is 4.79 Å². The molecule has 2 amide bonds. The maximum atomic E-state index is 11.8. The number of hydrogen-bond donors (Lipinski definition) is 2. The molecule has 0 aliphatic heterocycles. The van der Waals surface area contributed by atoms with Crippen LogP contribution in [0.2, 0.25) is 5.02 Å². The minimum Gasteiger partial charge on any atom is -0.340 e. The highest BCUT2D eigenvalue weighted by molar-refractivity contribution is 6.30. The van der Waals surface area contributed by atoms with Crippen LogP contribution in [0.15, 0.2) is 28.8 Å². The Kier molecular flexibility index (Phi) is 4.29. The van der Waals surface area contributed by atoms with Gasteiger partial charge in [-0.2, -0.15) is 4.98 Å². The van der Waals surface area contributed by atoms with Gasteiger partial charge in [0.2, 0.25) is 5.89 Å². The van der Waals surface area contributed by atoms with E-state index in [1.165, 1.54) is 5.56 Å². The molecule has 0 saturated heterocycles. The molecule has 1 aromatic heterocycles. The second-order valence-electron chi connectivity index (χ2n) is 5.48. The zero-order valence-electron chi connectivity index (χ0n) is 12.2. The number of aromatic nitrogens is 2. The molecular weight excluding hydrogens is 304 g/mol. The zero-order valence-corrected chi connectivity index (χ0v) is 12.9. The molecule has 22 heavy (non-hydrogen) atoms. The first-order valence-corrected chi connectivity index (χ1v) is 7.57. The third-order valence-electron chi connectivity index (χ3n) is 3.77. The highest BCUT2D eigenvalue weighted by Gasteiger charge is 2.31. The molecule has 7 heteroatoms. The minimum atomic E-state index is -0.211. The van der Waals surface area contributed by atoms with Crippen LogP contribution in [0.4, 0.5) is 4.79 Å². The monoisotopic (exact) mass is 320 g/mol. The van der Waals surface area contributed by atoms with E-state index in [0.29, 0.717) is 17.6 Å². The van der Waals surface area contributed by atoms with Gasteiger partial charge in [0.05, 0.1) is 6.54 Å². The number of nitrogens with one attached hydrogen (secondary N) is 2. The molecule has 1 aromatic carbocycles. The van der Waals surface area contributed by atoms with E-state index in [9.17, 15) is 4.79 Å². The maximum Gasteiger partial charge on any atom is 0.315 e. The highest BCUT2D eigenvalue weighted by atomic mass is 35.5. The van der Waals surface area contributed by atoms with Gasteiger partial charge in [0.25, 0.3) is 0 Å². The smallest absolute Gasteiger partial charge is 0.315 e. The fourth-order valence-corrected chi connectivity index (χ4v) is 2.78. The number of halogens is 1. The standard InChI is InChI=1S/C15H17ClN4O2/c1-9-18-14(20-22-9)8-17-15(21)19-13-6-11(7-13)10-3-2-4-12(16)5-10/h2-5,11,13H,6-8H2,1H3,(H2,17,19,21). The van der Waals surface area contributed by atoms with Gasteiger partial charge in [-0.1, -0.05) is 28.9 Å². The molecule has 1 aliphatic rings. The Balaban J connectivity index is 1.41. The predicted octanol–water partition coefficient (Wildman–Crippen LogP) is 2.78. The molecule has 1 fully saturated rings. The summed E-state index contributed by atoms with van der Waals surface area (Å²) >= 11 is 5.99. The summed E-state index contributed by atoms with van der Waals surface area (Å²) < 4.78 is 4.84. The zero-order chi connectivity index (χ0) is 15.5. The fraction of sp³-hybridized carbons (Fsp3) is 0.400. The molecule has 0 unspecified atom stereocenters. The van der Waals surface area contributed by atoms with Gasteiger partial charge in [-0.15, -0.1) is 0 Å². The van der Waals surface area contributed by atoms with Gasteiger partial charge in [-0.05, 0) is 36.5 Å². The third kappa shape index (κ3) is 3.57. The molecular formula is C15H17ClN4O2. The Bertz CT molecular complexity index is 667. The van der Waals surface area contributed by atoms with Crippen molar-refractivity contribution in [1.82, 2.24) is 20.8 Å². The lowest BCUT2D eigenvalue weighted by Gasteiger charge is -2.36. The molecule has 1 saturated carbocycles. The van der Waals surface area contributed by atoms with Gasteiger partial charge in [0.15, 0.2) is 5.82 Å². The number of benzene rings is 1. The number of rotatable bonds is 4. The molecule has 6 nitrogen and oxygen atoms in total. The topological polar surface area (TPSA) is 80.0 Å². The minimum absolute atomic E-state index is 0.191. The number of aryl methyl sites for hydroxylation is 1. The van der Waals surface area contributed by atoms with Crippen molar-refractivity contribution in [2.75, 3.05) is 0 Å². The maximum absolute atomic E-state index is 11.8. The van der Waals surface area contributed by atoms with Crippen LogP contribution in [0.3, 0.4) is 0 Å². The number of carbonyl (C=O) groups excluding carboxylic acids is 1. The first kappa shape index (κ1) is 14.8. The molecule has 0 atom stereocenters. The Labute approximate surface area is 133 Å². The van der Waals surface area contributed by atoms with Crippen molar-refractivity contribution in [1.29, 1.82) is 0 Å². The van der Waals surface area contributed by atoms with Crippen molar-refractivity contribution in [2.45, 2.75) is 38.3 Å². The molecule has 1 heterocycles. The van der Waals surface area contributed by atoms with E-state index in [1.807, 2.05) is 18.2 Å². The van der Waals surface area contributed by atoms with Crippen LogP contribution < -0.4 is 10.6 Å². The molecule has 1 aliphatic carbocycles. The Hall–Kier alpha value is -2.08. The molecule has 0 spiro atoms. The van der Waals surface area contributed by atoms with Crippen molar-refractivity contribution in [3.8, 4) is 0 Å². The third-order valence-corrected chi connectivity index (χ3v) is 4.01. The van der Waals surface area contributed by atoms with Crippen LogP contribution in [-0.2, 0) is 6.54 Å². The van der Waals surface area contributed by atoms with E-state index in [4.69, 9.17) is 16.1 Å². The Morgan fingerprint density at radius 3 is 2.95 bits per heavy atom. The van der Waals surface area contributed by atoms with Gasteiger partial charge >= 0.3 is 6.03 Å². The molecule has 2 aromatic rings.